The minimum atomic E-state index is -1.58. The monoisotopic (exact) mass is 558 g/mol. The molecular formula is C31H46N2Si4. The van der Waals surface area contributed by atoms with Crippen molar-refractivity contribution in [1.82, 2.24) is 9.97 Å². The molecule has 0 radical (unpaired) electrons. The van der Waals surface area contributed by atoms with Crippen molar-refractivity contribution in [3.8, 4) is 22.9 Å². The first-order chi connectivity index (χ1) is 16.8. The molecule has 37 heavy (non-hydrogen) atoms. The van der Waals surface area contributed by atoms with Crippen LogP contribution < -0.4 is 10.4 Å². The zero-order valence-electron chi connectivity index (χ0n) is 25.4. The molecule has 0 fully saturated rings. The van der Waals surface area contributed by atoms with Gasteiger partial charge in [-0.15, -0.1) is 11.1 Å². The van der Waals surface area contributed by atoms with Crippen LogP contribution in [0.5, 0.6) is 0 Å². The predicted molar refractivity (Wildman–Crippen MR) is 172 cm³/mol. The highest BCUT2D eigenvalue weighted by Gasteiger charge is 2.48. The fourth-order valence-corrected chi connectivity index (χ4v) is 9.41. The van der Waals surface area contributed by atoms with Crippen LogP contribution in [0.4, 0.5) is 0 Å². The Balaban J connectivity index is 1.94. The van der Waals surface area contributed by atoms with E-state index in [4.69, 9.17) is 9.97 Å². The van der Waals surface area contributed by atoms with Crippen LogP contribution in [0, 0.1) is 22.9 Å². The summed E-state index contributed by atoms with van der Waals surface area (Å²) in [6.07, 6.45) is 4.40. The van der Waals surface area contributed by atoms with Crippen molar-refractivity contribution in [2.24, 2.45) is 0 Å². The molecule has 0 aromatic carbocycles. The van der Waals surface area contributed by atoms with Gasteiger partial charge in [-0.05, 0) is 47.2 Å². The van der Waals surface area contributed by atoms with Crippen LogP contribution in [-0.4, -0.2) is 42.3 Å². The van der Waals surface area contributed by atoms with E-state index in [1.165, 1.54) is 32.9 Å². The third kappa shape index (κ3) is 5.83. The van der Waals surface area contributed by atoms with Crippen LogP contribution in [0.2, 0.25) is 78.6 Å². The molecule has 2 nitrogen and oxygen atoms in total. The molecule has 2 aromatic heterocycles. The summed E-state index contributed by atoms with van der Waals surface area (Å²) in [5, 5.41) is 2.85. The smallest absolute Gasteiger partial charge is 0.129 e. The van der Waals surface area contributed by atoms with Crippen LogP contribution in [-0.2, 0) is 18.3 Å². The number of hydrogen-bond donors (Lipinski definition) is 0. The van der Waals surface area contributed by atoms with Gasteiger partial charge in [0.15, 0.2) is 0 Å². The maximum atomic E-state index is 5.47. The molecule has 0 bridgehead atoms. The number of aryl methyl sites for hydroxylation is 2. The summed E-state index contributed by atoms with van der Waals surface area (Å²) in [5.74, 6) is 7.20. The maximum absolute atomic E-state index is 5.47. The molecule has 0 aliphatic heterocycles. The lowest BCUT2D eigenvalue weighted by Gasteiger charge is -2.27. The van der Waals surface area contributed by atoms with Gasteiger partial charge < -0.3 is 0 Å². The molecule has 0 saturated carbocycles. The van der Waals surface area contributed by atoms with Crippen molar-refractivity contribution in [3.05, 3.63) is 46.0 Å². The highest BCUT2D eigenvalue weighted by atomic mass is 28.3. The zero-order valence-corrected chi connectivity index (χ0v) is 29.4. The van der Waals surface area contributed by atoms with Crippen LogP contribution in [0.15, 0.2) is 12.1 Å². The van der Waals surface area contributed by atoms with Gasteiger partial charge in [-0.3, -0.25) is 0 Å². The van der Waals surface area contributed by atoms with Crippen molar-refractivity contribution in [1.29, 1.82) is 0 Å². The van der Waals surface area contributed by atoms with E-state index in [0.29, 0.717) is 0 Å². The Hall–Kier alpha value is -1.71. The van der Waals surface area contributed by atoms with E-state index in [1.807, 2.05) is 0 Å². The lowest BCUT2D eigenvalue weighted by Crippen LogP contribution is -2.42. The van der Waals surface area contributed by atoms with Crippen LogP contribution >= 0.6 is 0 Å². The van der Waals surface area contributed by atoms with Crippen molar-refractivity contribution in [2.45, 2.75) is 110 Å². The van der Waals surface area contributed by atoms with Crippen molar-refractivity contribution in [3.63, 3.8) is 0 Å². The Labute approximate surface area is 230 Å². The maximum Gasteiger partial charge on any atom is 0.129 e. The Bertz CT molecular complexity index is 1260. The molecule has 1 spiro atoms. The molecule has 6 heteroatoms. The zero-order chi connectivity index (χ0) is 27.6. The molecular weight excluding hydrogens is 513 g/mol. The standard InChI is InChI=1S/C31H46N2Si4/c1-34(2,3)19-15-25-27(36(7,8)9)21-23-13-17-31(29(23)32-25)18-14-24-22-28(37(10,11)12)26(33-30(24)31)16-20-35(4,5)6/h21-22H,13-14,17-18H2,1-12H3. The third-order valence-electron chi connectivity index (χ3n) is 7.48. The molecule has 2 aliphatic rings. The minimum Gasteiger partial charge on any atom is -0.243 e. The normalized spacial score (nSPS) is 16.5. The summed E-state index contributed by atoms with van der Waals surface area (Å²) >= 11 is 0. The van der Waals surface area contributed by atoms with E-state index in [0.717, 1.165) is 37.1 Å². The Morgan fingerprint density at radius 3 is 1.24 bits per heavy atom. The summed E-state index contributed by atoms with van der Waals surface area (Å²) in [6, 6.07) is 5.00. The summed E-state index contributed by atoms with van der Waals surface area (Å²) < 4.78 is 0. The van der Waals surface area contributed by atoms with Gasteiger partial charge in [0, 0.05) is 0 Å². The van der Waals surface area contributed by atoms with Crippen LogP contribution in [0.1, 0.15) is 46.7 Å². The molecule has 196 valence electrons. The van der Waals surface area contributed by atoms with Gasteiger partial charge >= 0.3 is 0 Å². The quantitative estimate of drug-likeness (QED) is 0.324. The second kappa shape index (κ2) is 9.19. The number of rotatable bonds is 2. The summed E-state index contributed by atoms with van der Waals surface area (Å²) in [6.45, 7) is 28.5. The third-order valence-corrected chi connectivity index (χ3v) is 13.2. The molecule has 2 aromatic rings. The largest absolute Gasteiger partial charge is 0.243 e. The predicted octanol–water partition coefficient (Wildman–Crippen LogP) is 6.20. The number of nitrogens with zero attached hydrogens (tertiary/aromatic N) is 2. The van der Waals surface area contributed by atoms with Gasteiger partial charge in [0.05, 0.1) is 33.0 Å². The van der Waals surface area contributed by atoms with E-state index in [2.05, 4.69) is 114 Å². The number of aromatic nitrogens is 2. The van der Waals surface area contributed by atoms with Crippen molar-refractivity contribution < 1.29 is 0 Å². The first kappa shape index (κ1) is 28.3. The average Bonchev–Trinajstić information content (AvgIpc) is 3.28. The molecule has 0 saturated heterocycles. The Morgan fingerprint density at radius 2 is 0.946 bits per heavy atom. The number of fused-ring (bicyclic) bond motifs is 4. The summed E-state index contributed by atoms with van der Waals surface area (Å²) in [5.41, 5.74) is 14.7. The van der Waals surface area contributed by atoms with Gasteiger partial charge in [-0.1, -0.05) is 103 Å². The van der Waals surface area contributed by atoms with E-state index in [9.17, 15) is 0 Å². The lowest BCUT2D eigenvalue weighted by molar-refractivity contribution is 0.484. The highest BCUT2D eigenvalue weighted by molar-refractivity contribution is 6.89. The molecule has 0 unspecified atom stereocenters. The molecule has 4 rings (SSSR count). The summed E-state index contributed by atoms with van der Waals surface area (Å²) in [4.78, 5) is 10.9. The minimum absolute atomic E-state index is 0.0776. The number of hydrogen-bond acceptors (Lipinski definition) is 2. The van der Waals surface area contributed by atoms with E-state index < -0.39 is 32.3 Å². The van der Waals surface area contributed by atoms with E-state index in [-0.39, 0.29) is 5.41 Å². The fourth-order valence-electron chi connectivity index (χ4n) is 5.55. The molecule has 0 amide bonds. The molecule has 0 atom stereocenters. The molecule has 2 heterocycles. The van der Waals surface area contributed by atoms with Crippen molar-refractivity contribution in [2.75, 3.05) is 0 Å². The van der Waals surface area contributed by atoms with E-state index >= 15 is 0 Å². The topological polar surface area (TPSA) is 25.8 Å². The first-order valence-electron chi connectivity index (χ1n) is 14.0. The number of pyridine rings is 2. The van der Waals surface area contributed by atoms with Crippen LogP contribution in [0.25, 0.3) is 0 Å². The second-order valence-corrected chi connectivity index (χ2v) is 34.9. The van der Waals surface area contributed by atoms with Crippen LogP contribution in [0.3, 0.4) is 0 Å². The Morgan fingerprint density at radius 1 is 0.595 bits per heavy atom. The van der Waals surface area contributed by atoms with Gasteiger partial charge in [0.2, 0.25) is 0 Å². The molecule has 2 aliphatic carbocycles. The van der Waals surface area contributed by atoms with Gasteiger partial charge in [0.25, 0.3) is 0 Å². The van der Waals surface area contributed by atoms with Crippen molar-refractivity contribution >= 4 is 42.7 Å². The SMILES string of the molecule is C[Si](C)(C)C#Cc1nc2c(cc1[Si](C)(C)C)CCC21CCc2cc([Si](C)(C)C)c(C#C[Si](C)(C)C)nc21. The highest BCUT2D eigenvalue weighted by Crippen LogP contribution is 2.50. The lowest BCUT2D eigenvalue weighted by atomic mass is 9.82. The van der Waals surface area contributed by atoms with E-state index in [1.54, 1.807) is 0 Å². The van der Waals surface area contributed by atoms with Gasteiger partial charge in [-0.25, -0.2) is 9.97 Å². The van der Waals surface area contributed by atoms with Gasteiger partial charge in [0.1, 0.15) is 27.5 Å². The second-order valence-electron chi connectivity index (χ2n) is 15.4. The Kier molecular flexibility index (Phi) is 7.03. The molecule has 0 N–H and O–H groups in total. The van der Waals surface area contributed by atoms with Gasteiger partial charge in [-0.2, -0.15) is 0 Å². The fraction of sp³-hybridized carbons (Fsp3) is 0.548. The average molecular weight is 559 g/mol. The first-order valence-corrected chi connectivity index (χ1v) is 28.0. The summed E-state index contributed by atoms with van der Waals surface area (Å²) in [7, 11) is -6.18.